The Morgan fingerprint density at radius 3 is 2.56 bits per heavy atom. The van der Waals surface area contributed by atoms with E-state index in [0.717, 1.165) is 10.2 Å². The zero-order valence-corrected chi connectivity index (χ0v) is 16.1. The first-order valence-corrected chi connectivity index (χ1v) is 8.85. The SMILES string of the molecule is COCC(=O)Nc1cccc(NC(=O)c2cccc(-n3cc(Br)cn3)c2)c1. The van der Waals surface area contributed by atoms with Gasteiger partial charge in [0.05, 0.1) is 16.4 Å². The molecular formula is C19H17BrN4O3. The molecule has 2 aromatic carbocycles. The Bertz CT molecular complexity index is 971. The molecule has 0 atom stereocenters. The molecular weight excluding hydrogens is 412 g/mol. The van der Waals surface area contributed by atoms with Crippen LogP contribution in [0.2, 0.25) is 0 Å². The average molecular weight is 429 g/mol. The van der Waals surface area contributed by atoms with E-state index in [0.29, 0.717) is 16.9 Å². The van der Waals surface area contributed by atoms with Gasteiger partial charge in [0.1, 0.15) is 6.61 Å². The Hall–Kier alpha value is -2.97. The summed E-state index contributed by atoms with van der Waals surface area (Å²) in [6.45, 7) is -0.0348. The van der Waals surface area contributed by atoms with Gasteiger partial charge in [-0.25, -0.2) is 4.68 Å². The van der Waals surface area contributed by atoms with Crippen molar-refractivity contribution in [3.63, 3.8) is 0 Å². The lowest BCUT2D eigenvalue weighted by Gasteiger charge is -2.09. The van der Waals surface area contributed by atoms with E-state index in [1.807, 2.05) is 12.3 Å². The van der Waals surface area contributed by atoms with Crippen molar-refractivity contribution in [2.75, 3.05) is 24.4 Å². The first kappa shape index (κ1) is 18.8. The number of carbonyl (C=O) groups is 2. The Labute approximate surface area is 164 Å². The smallest absolute Gasteiger partial charge is 0.255 e. The number of ether oxygens (including phenoxy) is 1. The maximum atomic E-state index is 12.6. The molecule has 2 amide bonds. The molecule has 8 heteroatoms. The summed E-state index contributed by atoms with van der Waals surface area (Å²) in [5.41, 5.74) is 2.41. The largest absolute Gasteiger partial charge is 0.375 e. The Morgan fingerprint density at radius 2 is 1.85 bits per heavy atom. The third-order valence-corrected chi connectivity index (χ3v) is 4.01. The maximum absolute atomic E-state index is 12.6. The average Bonchev–Trinajstić information content (AvgIpc) is 3.09. The van der Waals surface area contributed by atoms with Crippen LogP contribution in [0.15, 0.2) is 65.4 Å². The second kappa shape index (κ2) is 8.61. The van der Waals surface area contributed by atoms with Crippen molar-refractivity contribution >= 4 is 39.1 Å². The molecule has 1 aromatic heterocycles. The van der Waals surface area contributed by atoms with Gasteiger partial charge in [0.15, 0.2) is 0 Å². The predicted octanol–water partition coefficient (Wildman–Crippen LogP) is 3.47. The Morgan fingerprint density at radius 1 is 1.11 bits per heavy atom. The number of aromatic nitrogens is 2. The van der Waals surface area contributed by atoms with Crippen LogP contribution in [0.4, 0.5) is 11.4 Å². The molecule has 0 fully saturated rings. The van der Waals surface area contributed by atoms with E-state index in [1.165, 1.54) is 7.11 Å². The summed E-state index contributed by atoms with van der Waals surface area (Å²) >= 11 is 3.35. The van der Waals surface area contributed by atoms with Gasteiger partial charge in [0.25, 0.3) is 5.91 Å². The summed E-state index contributed by atoms with van der Waals surface area (Å²) in [6, 6.07) is 14.0. The summed E-state index contributed by atoms with van der Waals surface area (Å²) < 4.78 is 7.31. The molecule has 3 aromatic rings. The van der Waals surface area contributed by atoms with Crippen LogP contribution < -0.4 is 10.6 Å². The lowest BCUT2D eigenvalue weighted by molar-refractivity contribution is -0.119. The van der Waals surface area contributed by atoms with Crippen LogP contribution in [0.1, 0.15) is 10.4 Å². The van der Waals surface area contributed by atoms with E-state index in [9.17, 15) is 9.59 Å². The van der Waals surface area contributed by atoms with Crippen LogP contribution in [-0.4, -0.2) is 35.3 Å². The van der Waals surface area contributed by atoms with Gasteiger partial charge in [-0.3, -0.25) is 9.59 Å². The topological polar surface area (TPSA) is 85.3 Å². The standard InChI is InChI=1S/C19H17BrN4O3/c1-27-12-18(25)22-15-5-3-6-16(9-15)23-19(26)13-4-2-7-17(8-13)24-11-14(20)10-21-24/h2-11H,12H2,1H3,(H,22,25)(H,23,26). The molecule has 138 valence electrons. The second-order valence-corrected chi connectivity index (χ2v) is 6.59. The summed E-state index contributed by atoms with van der Waals surface area (Å²) in [5, 5.41) is 9.74. The van der Waals surface area contributed by atoms with Crippen LogP contribution in [0, 0.1) is 0 Å². The zero-order valence-electron chi connectivity index (χ0n) is 14.5. The minimum absolute atomic E-state index is 0.0348. The molecule has 0 bridgehead atoms. The predicted molar refractivity (Wildman–Crippen MR) is 106 cm³/mol. The third-order valence-electron chi connectivity index (χ3n) is 3.60. The number of hydrogen-bond donors (Lipinski definition) is 2. The van der Waals surface area contributed by atoms with Crippen molar-refractivity contribution in [3.05, 3.63) is 71.0 Å². The quantitative estimate of drug-likeness (QED) is 0.629. The minimum atomic E-state index is -0.265. The van der Waals surface area contributed by atoms with Crippen LogP contribution in [0.3, 0.4) is 0 Å². The Balaban J connectivity index is 1.73. The molecule has 1 heterocycles. The number of amides is 2. The first-order chi connectivity index (χ1) is 13.0. The van der Waals surface area contributed by atoms with Crippen molar-refractivity contribution in [1.29, 1.82) is 0 Å². The number of halogens is 1. The van der Waals surface area contributed by atoms with E-state index in [4.69, 9.17) is 4.74 Å². The van der Waals surface area contributed by atoms with Gasteiger partial charge in [-0.15, -0.1) is 0 Å². The van der Waals surface area contributed by atoms with Crippen molar-refractivity contribution < 1.29 is 14.3 Å². The third kappa shape index (κ3) is 5.02. The highest BCUT2D eigenvalue weighted by Crippen LogP contribution is 2.18. The van der Waals surface area contributed by atoms with Crippen molar-refractivity contribution in [2.24, 2.45) is 0 Å². The molecule has 0 aliphatic heterocycles. The molecule has 3 rings (SSSR count). The minimum Gasteiger partial charge on any atom is -0.375 e. The highest BCUT2D eigenvalue weighted by Gasteiger charge is 2.09. The normalized spacial score (nSPS) is 10.4. The number of carbonyl (C=O) groups excluding carboxylic acids is 2. The fraction of sp³-hybridized carbons (Fsp3) is 0.105. The summed E-state index contributed by atoms with van der Waals surface area (Å²) in [4.78, 5) is 24.2. The van der Waals surface area contributed by atoms with E-state index in [1.54, 1.807) is 53.3 Å². The maximum Gasteiger partial charge on any atom is 0.255 e. The lowest BCUT2D eigenvalue weighted by atomic mass is 10.2. The summed E-state index contributed by atoms with van der Waals surface area (Å²) in [5.74, 6) is -0.525. The number of nitrogens with zero attached hydrogens (tertiary/aromatic N) is 2. The molecule has 0 aliphatic carbocycles. The number of benzene rings is 2. The lowest BCUT2D eigenvalue weighted by Crippen LogP contribution is -2.17. The molecule has 0 saturated carbocycles. The molecule has 0 aliphatic rings. The fourth-order valence-electron chi connectivity index (χ4n) is 2.44. The number of methoxy groups -OCH3 is 1. The zero-order chi connectivity index (χ0) is 19.2. The van der Waals surface area contributed by atoms with Gasteiger partial charge in [-0.05, 0) is 52.3 Å². The van der Waals surface area contributed by atoms with Crippen molar-refractivity contribution in [3.8, 4) is 5.69 Å². The van der Waals surface area contributed by atoms with E-state index in [-0.39, 0.29) is 18.4 Å². The molecule has 0 spiro atoms. The van der Waals surface area contributed by atoms with Crippen LogP contribution in [-0.2, 0) is 9.53 Å². The molecule has 2 N–H and O–H groups in total. The molecule has 27 heavy (non-hydrogen) atoms. The van der Waals surface area contributed by atoms with Gasteiger partial charge >= 0.3 is 0 Å². The molecule has 7 nitrogen and oxygen atoms in total. The van der Waals surface area contributed by atoms with Crippen molar-refractivity contribution in [2.45, 2.75) is 0 Å². The van der Waals surface area contributed by atoms with Crippen LogP contribution in [0.5, 0.6) is 0 Å². The summed E-state index contributed by atoms with van der Waals surface area (Å²) in [6.07, 6.45) is 3.49. The monoisotopic (exact) mass is 428 g/mol. The van der Waals surface area contributed by atoms with Gasteiger partial charge in [-0.2, -0.15) is 5.10 Å². The highest BCUT2D eigenvalue weighted by atomic mass is 79.9. The first-order valence-electron chi connectivity index (χ1n) is 8.06. The number of rotatable bonds is 6. The van der Waals surface area contributed by atoms with Crippen LogP contribution >= 0.6 is 15.9 Å². The second-order valence-electron chi connectivity index (χ2n) is 5.67. The van der Waals surface area contributed by atoms with Gasteiger partial charge in [0.2, 0.25) is 5.91 Å². The number of nitrogens with one attached hydrogen (secondary N) is 2. The number of hydrogen-bond acceptors (Lipinski definition) is 4. The fourth-order valence-corrected chi connectivity index (χ4v) is 2.72. The molecule has 0 radical (unpaired) electrons. The van der Waals surface area contributed by atoms with Crippen LogP contribution in [0.25, 0.3) is 5.69 Å². The van der Waals surface area contributed by atoms with Crippen molar-refractivity contribution in [1.82, 2.24) is 9.78 Å². The summed E-state index contributed by atoms with van der Waals surface area (Å²) in [7, 11) is 1.45. The van der Waals surface area contributed by atoms with Gasteiger partial charge in [0, 0.05) is 30.2 Å². The van der Waals surface area contributed by atoms with E-state index in [2.05, 4.69) is 31.7 Å². The highest BCUT2D eigenvalue weighted by molar-refractivity contribution is 9.10. The Kier molecular flexibility index (Phi) is 6.00. The van der Waals surface area contributed by atoms with E-state index < -0.39 is 0 Å². The van der Waals surface area contributed by atoms with Gasteiger partial charge < -0.3 is 15.4 Å². The van der Waals surface area contributed by atoms with E-state index >= 15 is 0 Å². The molecule has 0 unspecified atom stereocenters. The molecule has 0 saturated heterocycles. The van der Waals surface area contributed by atoms with Gasteiger partial charge in [-0.1, -0.05) is 12.1 Å². The number of anilines is 2.